The zero-order chi connectivity index (χ0) is 6.85. The molecule has 1 rings (SSSR count). The molecule has 2 radical (unpaired) electrons. The van der Waals surface area contributed by atoms with Gasteiger partial charge in [0.15, 0.2) is 0 Å². The van der Waals surface area contributed by atoms with Crippen LogP contribution in [-0.2, 0) is 16.4 Å². The smallest absolute Gasteiger partial charge is 2.00 e. The molecule has 11 heteroatoms. The van der Waals surface area contributed by atoms with Crippen LogP contribution >= 0.6 is 0 Å². The fourth-order valence-electron chi connectivity index (χ4n) is 0.427. The summed E-state index contributed by atoms with van der Waals surface area (Å²) in [6.45, 7) is 0. The van der Waals surface area contributed by atoms with Gasteiger partial charge in [-0.05, 0) is 0 Å². The van der Waals surface area contributed by atoms with Crippen molar-refractivity contribution in [1.29, 1.82) is 0 Å². The Morgan fingerprint density at radius 2 is 0.714 bits per heavy atom. The van der Waals surface area contributed by atoms with Crippen LogP contribution in [0.25, 0.3) is 0 Å². The quantitative estimate of drug-likeness (QED) is 0.415. The van der Waals surface area contributed by atoms with Gasteiger partial charge in [0.25, 0.3) is 0 Å². The Bertz CT molecular complexity index is 187. The van der Waals surface area contributed by atoms with Crippen LogP contribution in [0.5, 0.6) is 0 Å². The summed E-state index contributed by atoms with van der Waals surface area (Å²) in [6.07, 6.45) is 0. The molecule has 6 N–H and O–H groups in total. The largest absolute Gasteiger partial charge is 3.00 e. The summed E-state index contributed by atoms with van der Waals surface area (Å²) in [5.41, 5.74) is 15.4. The number of aromatic nitrogens is 3. The number of anilines is 3. The van der Waals surface area contributed by atoms with Gasteiger partial charge in [-0.2, -0.15) is 15.0 Å². The van der Waals surface area contributed by atoms with Crippen LogP contribution in [0, 0.1) is 83.5 Å². The number of nitrogen functional groups attached to an aromatic ring is 3. The van der Waals surface area contributed by atoms with Crippen LogP contribution in [0.2, 0.25) is 0 Å². The molecule has 0 fully saturated rings. The van der Waals surface area contributed by atoms with Gasteiger partial charge >= 0.3 is 83.5 Å². The second-order valence-electron chi connectivity index (χ2n) is 1.41. The maximum atomic E-state index is 5.14. The van der Waals surface area contributed by atoms with Gasteiger partial charge in [-0.3, -0.25) is 0 Å². The number of hydrogen-bond acceptors (Lipinski definition) is 6. The van der Waals surface area contributed by atoms with Gasteiger partial charge in [-0.15, -0.1) is 0 Å². The average molecular weight is 454 g/mol. The fraction of sp³-hybridized carbons (Fsp3) is 0. The third-order valence-electron chi connectivity index (χ3n) is 0.687. The van der Waals surface area contributed by atoms with Crippen molar-refractivity contribution in [3.05, 3.63) is 0 Å². The van der Waals surface area contributed by atoms with Crippen molar-refractivity contribution in [3.8, 4) is 0 Å². The molecular weight excluding hydrogens is 448 g/mol. The summed E-state index contributed by atoms with van der Waals surface area (Å²) in [4.78, 5) is 10.5. The van der Waals surface area contributed by atoms with Gasteiger partial charge in [0.1, 0.15) is 0 Å². The van der Waals surface area contributed by atoms with Gasteiger partial charge in [-0.1, -0.05) is 0 Å². The molecular formula is C3H6Ce2N6O3. The molecule has 0 spiro atoms. The van der Waals surface area contributed by atoms with Crippen LogP contribution in [0.1, 0.15) is 0 Å². The summed E-state index contributed by atoms with van der Waals surface area (Å²) in [6, 6.07) is 0. The average Bonchev–Trinajstić information content (AvgIpc) is 1.59. The second-order valence-corrected chi connectivity index (χ2v) is 1.41. The normalized spacial score (nSPS) is 6.00. The van der Waals surface area contributed by atoms with Crippen molar-refractivity contribution in [2.24, 2.45) is 0 Å². The summed E-state index contributed by atoms with van der Waals surface area (Å²) in [5, 5.41) is 0. The summed E-state index contributed by atoms with van der Waals surface area (Å²) in [5.74, 6) is 0.125. The molecule has 1 aromatic heterocycles. The minimum atomic E-state index is 0. The molecule has 0 saturated carbocycles. The van der Waals surface area contributed by atoms with E-state index in [4.69, 9.17) is 17.2 Å². The fourth-order valence-corrected chi connectivity index (χ4v) is 0.427. The molecule has 0 unspecified atom stereocenters. The standard InChI is InChI=1S/C3H6N6.2Ce.3O/c4-1-7-2(5)9-3(6)8-1;;;;;/h(H6,4,5,6,7,8,9);;;;;/q;2*+3;3*-2. The second kappa shape index (κ2) is 14.0. The molecule has 0 saturated heterocycles. The SMILES string of the molecule is Nc1nc(N)nc(N)n1.[Ce+3].[Ce+3].[O-2].[O-2].[O-2]. The van der Waals surface area contributed by atoms with Gasteiger partial charge < -0.3 is 33.6 Å². The maximum absolute atomic E-state index is 5.14. The minimum absolute atomic E-state index is 0. The topological polar surface area (TPSA) is 202 Å². The molecule has 0 atom stereocenters. The third kappa shape index (κ3) is 11.1. The van der Waals surface area contributed by atoms with Crippen LogP contribution in [0.3, 0.4) is 0 Å². The zero-order valence-corrected chi connectivity index (χ0v) is 13.1. The van der Waals surface area contributed by atoms with Crippen LogP contribution < -0.4 is 17.2 Å². The Balaban J connectivity index is -0.0000000540. The third-order valence-corrected chi connectivity index (χ3v) is 0.687. The van der Waals surface area contributed by atoms with Gasteiger partial charge in [0.05, 0.1) is 0 Å². The Morgan fingerprint density at radius 1 is 0.571 bits per heavy atom. The van der Waals surface area contributed by atoms with Crippen molar-refractivity contribution < 1.29 is 99.9 Å². The van der Waals surface area contributed by atoms with E-state index in [2.05, 4.69) is 15.0 Å². The van der Waals surface area contributed by atoms with Crippen molar-refractivity contribution in [1.82, 2.24) is 15.0 Å². The maximum Gasteiger partial charge on any atom is 3.00 e. The van der Waals surface area contributed by atoms with Crippen molar-refractivity contribution in [2.45, 2.75) is 0 Å². The molecule has 9 nitrogen and oxygen atoms in total. The molecule has 1 heterocycles. The number of rotatable bonds is 0. The summed E-state index contributed by atoms with van der Waals surface area (Å²) < 4.78 is 0. The van der Waals surface area contributed by atoms with E-state index < -0.39 is 0 Å². The van der Waals surface area contributed by atoms with E-state index in [1.54, 1.807) is 0 Å². The number of hydrogen-bond donors (Lipinski definition) is 3. The van der Waals surface area contributed by atoms with Crippen molar-refractivity contribution in [2.75, 3.05) is 17.2 Å². The summed E-state index contributed by atoms with van der Waals surface area (Å²) in [7, 11) is 0. The molecule has 14 heavy (non-hydrogen) atoms. The molecule has 0 aliphatic carbocycles. The van der Waals surface area contributed by atoms with Crippen LogP contribution in [-0.4, -0.2) is 15.0 Å². The van der Waals surface area contributed by atoms with Gasteiger partial charge in [-0.25, -0.2) is 0 Å². The van der Waals surface area contributed by atoms with E-state index in [9.17, 15) is 0 Å². The molecule has 0 aliphatic heterocycles. The van der Waals surface area contributed by atoms with Gasteiger partial charge in [0.2, 0.25) is 17.8 Å². The van der Waals surface area contributed by atoms with Gasteiger partial charge in [0, 0.05) is 0 Å². The molecule has 74 valence electrons. The van der Waals surface area contributed by atoms with E-state index in [1.165, 1.54) is 0 Å². The monoisotopic (exact) mass is 454 g/mol. The first-order valence-corrected chi connectivity index (χ1v) is 2.21. The first-order chi connectivity index (χ1) is 4.18. The molecule has 0 aromatic carbocycles. The Morgan fingerprint density at radius 3 is 0.857 bits per heavy atom. The predicted octanol–water partition coefficient (Wildman–Crippen LogP) is -1.74. The first kappa shape index (κ1) is 29.4. The predicted molar refractivity (Wildman–Crippen MR) is 35.1 cm³/mol. The Labute approximate surface area is 147 Å². The number of nitrogens with two attached hydrogens (primary N) is 3. The zero-order valence-electron chi connectivity index (χ0n) is 6.80. The van der Waals surface area contributed by atoms with E-state index in [0.29, 0.717) is 0 Å². The van der Waals surface area contributed by atoms with Crippen LogP contribution in [0.15, 0.2) is 0 Å². The number of nitrogens with zero attached hydrogens (tertiary/aromatic N) is 3. The Hall–Kier alpha value is 1.04. The van der Waals surface area contributed by atoms with E-state index >= 15 is 0 Å². The van der Waals surface area contributed by atoms with E-state index in [-0.39, 0.29) is 118 Å². The Kier molecular flexibility index (Phi) is 29.5. The molecule has 0 aliphatic rings. The molecule has 1 aromatic rings. The summed E-state index contributed by atoms with van der Waals surface area (Å²) >= 11 is 0. The van der Waals surface area contributed by atoms with Crippen molar-refractivity contribution >= 4 is 17.8 Å². The van der Waals surface area contributed by atoms with E-state index in [1.807, 2.05) is 0 Å². The van der Waals surface area contributed by atoms with E-state index in [0.717, 1.165) is 0 Å². The molecule has 0 amide bonds. The minimum Gasteiger partial charge on any atom is -2.00 e. The van der Waals surface area contributed by atoms with Crippen LogP contribution in [0.4, 0.5) is 17.8 Å². The molecule has 0 bridgehead atoms. The van der Waals surface area contributed by atoms with Crippen molar-refractivity contribution in [3.63, 3.8) is 0 Å². The first-order valence-electron chi connectivity index (χ1n) is 2.21.